The van der Waals surface area contributed by atoms with Gasteiger partial charge < -0.3 is 15.3 Å². The second-order valence-corrected chi connectivity index (χ2v) is 5.03. The summed E-state index contributed by atoms with van der Waals surface area (Å²) in [6.07, 6.45) is 1.67. The first-order valence-corrected chi connectivity index (χ1v) is 6.32. The van der Waals surface area contributed by atoms with Crippen molar-refractivity contribution in [2.75, 3.05) is 31.6 Å². The van der Waals surface area contributed by atoms with Gasteiger partial charge in [0.1, 0.15) is 0 Å². The minimum atomic E-state index is -0.520. The van der Waals surface area contributed by atoms with Crippen LogP contribution >= 0.6 is 0 Å². The average molecular weight is 234 g/mol. The zero-order valence-corrected chi connectivity index (χ0v) is 10.7. The predicted molar refractivity (Wildman–Crippen MR) is 71.5 cm³/mol. The van der Waals surface area contributed by atoms with E-state index in [9.17, 15) is 5.11 Å². The number of hydrogen-bond acceptors (Lipinski definition) is 3. The molecule has 3 heteroatoms. The van der Waals surface area contributed by atoms with Gasteiger partial charge in [-0.2, -0.15) is 0 Å². The molecule has 3 nitrogen and oxygen atoms in total. The lowest BCUT2D eigenvalue weighted by atomic mass is 9.91. The molecule has 1 aromatic carbocycles. The van der Waals surface area contributed by atoms with Gasteiger partial charge in [0.05, 0.1) is 5.60 Å². The Balaban J connectivity index is 2.02. The lowest BCUT2D eigenvalue weighted by Crippen LogP contribution is -2.49. The summed E-state index contributed by atoms with van der Waals surface area (Å²) in [5.41, 5.74) is 2.10. The van der Waals surface area contributed by atoms with Crippen molar-refractivity contribution in [3.8, 4) is 0 Å². The number of likely N-dealkylation sites (N-methyl/N-ethyl adjacent to an activating group) is 1. The summed E-state index contributed by atoms with van der Waals surface area (Å²) < 4.78 is 0. The van der Waals surface area contributed by atoms with Gasteiger partial charge in [0.25, 0.3) is 0 Å². The van der Waals surface area contributed by atoms with Crippen molar-refractivity contribution in [1.29, 1.82) is 0 Å². The number of rotatable bonds is 3. The third kappa shape index (κ3) is 2.79. The van der Waals surface area contributed by atoms with Crippen LogP contribution in [0.4, 0.5) is 5.69 Å². The van der Waals surface area contributed by atoms with Crippen molar-refractivity contribution in [1.82, 2.24) is 5.32 Å². The summed E-state index contributed by atoms with van der Waals surface area (Å²) in [5.74, 6) is 0. The van der Waals surface area contributed by atoms with E-state index in [-0.39, 0.29) is 0 Å². The molecule has 2 N–H and O–H groups in total. The van der Waals surface area contributed by atoms with Gasteiger partial charge >= 0.3 is 0 Å². The third-order valence-corrected chi connectivity index (χ3v) is 3.66. The van der Waals surface area contributed by atoms with E-state index in [2.05, 4.69) is 41.4 Å². The molecule has 0 amide bonds. The molecule has 2 rings (SSSR count). The normalized spacial score (nSPS) is 19.4. The highest BCUT2D eigenvalue weighted by molar-refractivity contribution is 5.53. The first kappa shape index (κ1) is 12.4. The summed E-state index contributed by atoms with van der Waals surface area (Å²) in [5, 5.41) is 13.4. The molecular formula is C14H22N2O. The van der Waals surface area contributed by atoms with Crippen molar-refractivity contribution in [2.45, 2.75) is 25.4 Å². The first-order valence-electron chi connectivity index (χ1n) is 6.32. The lowest BCUT2D eigenvalue weighted by molar-refractivity contribution is 0.0185. The molecule has 1 fully saturated rings. The number of benzene rings is 1. The Hall–Kier alpha value is -1.06. The van der Waals surface area contributed by atoms with E-state index in [0.29, 0.717) is 6.54 Å². The maximum Gasteiger partial charge on any atom is 0.0805 e. The van der Waals surface area contributed by atoms with Gasteiger partial charge in [0, 0.05) is 25.3 Å². The molecule has 94 valence electrons. The van der Waals surface area contributed by atoms with E-state index in [1.54, 1.807) is 0 Å². The van der Waals surface area contributed by atoms with Crippen molar-refractivity contribution >= 4 is 5.69 Å². The fraction of sp³-hybridized carbons (Fsp3) is 0.571. The molecule has 0 spiro atoms. The average Bonchev–Trinajstić information content (AvgIpc) is 2.31. The summed E-state index contributed by atoms with van der Waals surface area (Å²) in [7, 11) is 1.89. The SMILES string of the molecule is CNCC1(O)CCN(c2ccccc2C)CC1. The van der Waals surface area contributed by atoms with Gasteiger partial charge in [0.2, 0.25) is 0 Å². The Morgan fingerprint density at radius 1 is 1.29 bits per heavy atom. The molecule has 0 aliphatic carbocycles. The van der Waals surface area contributed by atoms with Crippen LogP contribution in [-0.4, -0.2) is 37.4 Å². The molecule has 17 heavy (non-hydrogen) atoms. The van der Waals surface area contributed by atoms with Crippen LogP contribution in [0.1, 0.15) is 18.4 Å². The maximum absolute atomic E-state index is 10.3. The molecule has 0 bridgehead atoms. The number of nitrogens with zero attached hydrogens (tertiary/aromatic N) is 1. The monoisotopic (exact) mass is 234 g/mol. The second kappa shape index (κ2) is 5.07. The van der Waals surface area contributed by atoms with E-state index < -0.39 is 5.60 Å². The van der Waals surface area contributed by atoms with E-state index >= 15 is 0 Å². The number of nitrogens with one attached hydrogen (secondary N) is 1. The number of hydrogen-bond donors (Lipinski definition) is 2. The number of piperidine rings is 1. The van der Waals surface area contributed by atoms with Crippen molar-refractivity contribution in [3.05, 3.63) is 29.8 Å². The van der Waals surface area contributed by atoms with Gasteiger partial charge in [0.15, 0.2) is 0 Å². The van der Waals surface area contributed by atoms with Gasteiger partial charge in [-0.15, -0.1) is 0 Å². The minimum Gasteiger partial charge on any atom is -0.388 e. The third-order valence-electron chi connectivity index (χ3n) is 3.66. The van der Waals surface area contributed by atoms with Crippen molar-refractivity contribution in [3.63, 3.8) is 0 Å². The molecule has 0 atom stereocenters. The van der Waals surface area contributed by atoms with Crippen LogP contribution in [0.5, 0.6) is 0 Å². The zero-order chi connectivity index (χ0) is 12.3. The topological polar surface area (TPSA) is 35.5 Å². The molecule has 0 aromatic heterocycles. The standard InChI is InChI=1S/C14H22N2O/c1-12-5-3-4-6-13(12)16-9-7-14(17,8-10-16)11-15-2/h3-6,15,17H,7-11H2,1-2H3. The quantitative estimate of drug-likeness (QED) is 0.833. The highest BCUT2D eigenvalue weighted by Crippen LogP contribution is 2.27. The Labute approximate surface area is 103 Å². The van der Waals surface area contributed by atoms with Crippen molar-refractivity contribution < 1.29 is 5.11 Å². The largest absolute Gasteiger partial charge is 0.388 e. The number of para-hydroxylation sites is 1. The Bertz CT molecular complexity index is 370. The van der Waals surface area contributed by atoms with Gasteiger partial charge in [-0.05, 0) is 38.4 Å². The molecule has 1 aliphatic rings. The molecule has 1 heterocycles. The molecule has 1 aromatic rings. The first-order chi connectivity index (χ1) is 8.14. The molecule has 0 unspecified atom stereocenters. The molecule has 0 radical (unpaired) electrons. The lowest BCUT2D eigenvalue weighted by Gasteiger charge is -2.39. The van der Waals surface area contributed by atoms with Crippen LogP contribution in [0.25, 0.3) is 0 Å². The fourth-order valence-corrected chi connectivity index (χ4v) is 2.59. The van der Waals surface area contributed by atoms with Gasteiger partial charge in [-0.25, -0.2) is 0 Å². The predicted octanol–water partition coefficient (Wildman–Crippen LogP) is 1.55. The number of aliphatic hydroxyl groups is 1. The smallest absolute Gasteiger partial charge is 0.0805 e. The van der Waals surface area contributed by atoms with E-state index in [1.165, 1.54) is 11.3 Å². The number of anilines is 1. The molecule has 0 saturated carbocycles. The van der Waals surface area contributed by atoms with Crippen LogP contribution in [0, 0.1) is 6.92 Å². The van der Waals surface area contributed by atoms with E-state index in [1.807, 2.05) is 7.05 Å². The summed E-state index contributed by atoms with van der Waals surface area (Å²) in [4.78, 5) is 2.37. The van der Waals surface area contributed by atoms with Gasteiger partial charge in [-0.3, -0.25) is 0 Å². The van der Waals surface area contributed by atoms with Crippen LogP contribution in [-0.2, 0) is 0 Å². The van der Waals surface area contributed by atoms with Gasteiger partial charge in [-0.1, -0.05) is 18.2 Å². The molecule has 1 saturated heterocycles. The second-order valence-electron chi connectivity index (χ2n) is 5.03. The molecular weight excluding hydrogens is 212 g/mol. The van der Waals surface area contributed by atoms with Crippen LogP contribution in [0.3, 0.4) is 0 Å². The fourth-order valence-electron chi connectivity index (χ4n) is 2.59. The summed E-state index contributed by atoms with van der Waals surface area (Å²) in [6, 6.07) is 8.46. The Morgan fingerprint density at radius 2 is 1.94 bits per heavy atom. The van der Waals surface area contributed by atoms with Crippen LogP contribution in [0.15, 0.2) is 24.3 Å². The number of aryl methyl sites for hydroxylation is 1. The maximum atomic E-state index is 10.3. The zero-order valence-electron chi connectivity index (χ0n) is 10.7. The Kier molecular flexibility index (Phi) is 3.69. The van der Waals surface area contributed by atoms with Crippen molar-refractivity contribution in [2.24, 2.45) is 0 Å². The van der Waals surface area contributed by atoms with E-state index in [4.69, 9.17) is 0 Å². The summed E-state index contributed by atoms with van der Waals surface area (Å²) in [6.45, 7) is 4.70. The highest BCUT2D eigenvalue weighted by atomic mass is 16.3. The minimum absolute atomic E-state index is 0.520. The van der Waals surface area contributed by atoms with E-state index in [0.717, 1.165) is 25.9 Å². The summed E-state index contributed by atoms with van der Waals surface area (Å²) >= 11 is 0. The molecule has 1 aliphatic heterocycles. The Morgan fingerprint density at radius 3 is 2.53 bits per heavy atom. The highest BCUT2D eigenvalue weighted by Gasteiger charge is 2.31. The van der Waals surface area contributed by atoms with Crippen LogP contribution in [0.2, 0.25) is 0 Å². The van der Waals surface area contributed by atoms with Crippen LogP contribution < -0.4 is 10.2 Å².